The smallest absolute Gasteiger partial charge is 0.137 e. The van der Waals surface area contributed by atoms with E-state index in [4.69, 9.17) is 23.2 Å². The van der Waals surface area contributed by atoms with E-state index in [0.29, 0.717) is 11.7 Å². The summed E-state index contributed by atoms with van der Waals surface area (Å²) in [5.41, 5.74) is 2.06. The Labute approximate surface area is 129 Å². The summed E-state index contributed by atoms with van der Waals surface area (Å²) in [5.74, 6) is 0.867. The maximum absolute atomic E-state index is 6.20. The van der Waals surface area contributed by atoms with E-state index in [1.165, 1.54) is 6.33 Å². The van der Waals surface area contributed by atoms with Crippen LogP contribution in [0.2, 0.25) is 10.2 Å². The predicted molar refractivity (Wildman–Crippen MR) is 84.6 cm³/mol. The molecule has 0 bridgehead atoms. The quantitative estimate of drug-likeness (QED) is 0.768. The largest absolute Gasteiger partial charge is 0.355 e. The molecule has 20 heavy (non-hydrogen) atoms. The fraction of sp³-hybridized carbons (Fsp3) is 0.333. The number of hydrogen-bond acceptors (Lipinski definition) is 3. The minimum atomic E-state index is 0.530. The summed E-state index contributed by atoms with van der Waals surface area (Å²) in [5, 5.41) is 1.29. The third-order valence-electron chi connectivity index (χ3n) is 3.10. The molecule has 2 aromatic rings. The zero-order valence-corrected chi connectivity index (χ0v) is 13.1. The first-order chi connectivity index (χ1) is 9.63. The summed E-state index contributed by atoms with van der Waals surface area (Å²) in [7, 11) is 1.99. The van der Waals surface area contributed by atoms with Gasteiger partial charge in [-0.15, -0.1) is 0 Å². The van der Waals surface area contributed by atoms with E-state index in [1.807, 2.05) is 31.3 Å². The summed E-state index contributed by atoms with van der Waals surface area (Å²) in [4.78, 5) is 10.5. The van der Waals surface area contributed by atoms with Gasteiger partial charge in [-0.3, -0.25) is 0 Å². The second kappa shape index (κ2) is 6.91. The SMILES string of the molecule is CCCc1c(Cl)ncnc1N(C)Cc1ccccc1Cl. The fourth-order valence-corrected chi connectivity index (χ4v) is 2.55. The van der Waals surface area contributed by atoms with Crippen molar-refractivity contribution < 1.29 is 0 Å². The Bertz CT molecular complexity index is 587. The Balaban J connectivity index is 2.27. The van der Waals surface area contributed by atoms with E-state index in [0.717, 1.165) is 34.8 Å². The lowest BCUT2D eigenvalue weighted by atomic mass is 10.1. The van der Waals surface area contributed by atoms with Crippen LogP contribution in [0.3, 0.4) is 0 Å². The molecule has 0 unspecified atom stereocenters. The minimum Gasteiger partial charge on any atom is -0.355 e. The lowest BCUT2D eigenvalue weighted by Crippen LogP contribution is -2.20. The fourth-order valence-electron chi connectivity index (χ4n) is 2.13. The summed E-state index contributed by atoms with van der Waals surface area (Å²) >= 11 is 12.4. The van der Waals surface area contributed by atoms with Crippen molar-refractivity contribution >= 4 is 29.0 Å². The molecule has 2 rings (SSSR count). The summed E-state index contributed by atoms with van der Waals surface area (Å²) < 4.78 is 0. The minimum absolute atomic E-state index is 0.530. The zero-order valence-electron chi connectivity index (χ0n) is 11.6. The highest BCUT2D eigenvalue weighted by Crippen LogP contribution is 2.26. The van der Waals surface area contributed by atoms with Crippen molar-refractivity contribution in [1.82, 2.24) is 9.97 Å². The van der Waals surface area contributed by atoms with Crippen molar-refractivity contribution in [2.75, 3.05) is 11.9 Å². The highest BCUT2D eigenvalue weighted by atomic mass is 35.5. The van der Waals surface area contributed by atoms with Crippen LogP contribution in [0.1, 0.15) is 24.5 Å². The van der Waals surface area contributed by atoms with Gasteiger partial charge in [-0.2, -0.15) is 0 Å². The van der Waals surface area contributed by atoms with Crippen LogP contribution in [0.15, 0.2) is 30.6 Å². The van der Waals surface area contributed by atoms with Gasteiger partial charge in [0.1, 0.15) is 17.3 Å². The first-order valence-electron chi connectivity index (χ1n) is 6.57. The maximum Gasteiger partial charge on any atom is 0.137 e. The lowest BCUT2D eigenvalue weighted by Gasteiger charge is -2.22. The average molecular weight is 310 g/mol. The molecule has 0 spiro atoms. The molecule has 3 nitrogen and oxygen atoms in total. The number of benzene rings is 1. The van der Waals surface area contributed by atoms with Crippen LogP contribution in [0.4, 0.5) is 5.82 Å². The molecule has 0 radical (unpaired) electrons. The van der Waals surface area contributed by atoms with Crippen LogP contribution in [0.25, 0.3) is 0 Å². The molecular formula is C15H17Cl2N3. The van der Waals surface area contributed by atoms with Gasteiger partial charge in [0.15, 0.2) is 0 Å². The molecule has 0 atom stereocenters. The number of halogens is 2. The Morgan fingerprint density at radius 3 is 2.60 bits per heavy atom. The van der Waals surface area contributed by atoms with Crippen molar-refractivity contribution in [3.05, 3.63) is 51.9 Å². The van der Waals surface area contributed by atoms with Gasteiger partial charge in [-0.05, 0) is 18.1 Å². The molecule has 0 fully saturated rings. The van der Waals surface area contributed by atoms with Crippen molar-refractivity contribution in [2.24, 2.45) is 0 Å². The van der Waals surface area contributed by atoms with Crippen molar-refractivity contribution in [3.63, 3.8) is 0 Å². The van der Waals surface area contributed by atoms with Gasteiger partial charge >= 0.3 is 0 Å². The molecule has 0 N–H and O–H groups in total. The summed E-state index contributed by atoms with van der Waals surface area (Å²) in [6.07, 6.45) is 3.36. The second-order valence-electron chi connectivity index (χ2n) is 4.66. The van der Waals surface area contributed by atoms with Crippen LogP contribution in [0, 0.1) is 0 Å². The van der Waals surface area contributed by atoms with Gasteiger partial charge < -0.3 is 4.90 Å². The molecule has 5 heteroatoms. The standard InChI is InChI=1S/C15H17Cl2N3/c1-3-6-12-14(17)18-10-19-15(12)20(2)9-11-7-4-5-8-13(11)16/h4-5,7-8,10H,3,6,9H2,1-2H3. The average Bonchev–Trinajstić information content (AvgIpc) is 2.43. The van der Waals surface area contributed by atoms with E-state index >= 15 is 0 Å². The van der Waals surface area contributed by atoms with Crippen LogP contribution in [0.5, 0.6) is 0 Å². The molecule has 1 aromatic heterocycles. The molecule has 0 aliphatic rings. The van der Waals surface area contributed by atoms with Crippen molar-refractivity contribution in [3.8, 4) is 0 Å². The molecule has 0 amide bonds. The molecule has 0 aliphatic carbocycles. The third-order valence-corrected chi connectivity index (χ3v) is 3.79. The van der Waals surface area contributed by atoms with E-state index in [-0.39, 0.29) is 0 Å². The van der Waals surface area contributed by atoms with E-state index in [9.17, 15) is 0 Å². The lowest BCUT2D eigenvalue weighted by molar-refractivity contribution is 0.842. The van der Waals surface area contributed by atoms with Crippen LogP contribution < -0.4 is 4.90 Å². The van der Waals surface area contributed by atoms with Crippen LogP contribution in [-0.2, 0) is 13.0 Å². The number of anilines is 1. The Morgan fingerprint density at radius 2 is 1.90 bits per heavy atom. The van der Waals surface area contributed by atoms with E-state index < -0.39 is 0 Å². The monoisotopic (exact) mass is 309 g/mol. The molecule has 1 heterocycles. The number of nitrogens with zero attached hydrogens (tertiary/aromatic N) is 3. The molecule has 1 aromatic carbocycles. The second-order valence-corrected chi connectivity index (χ2v) is 5.43. The molecular weight excluding hydrogens is 293 g/mol. The van der Waals surface area contributed by atoms with E-state index in [1.54, 1.807) is 0 Å². The first kappa shape index (κ1) is 15.1. The van der Waals surface area contributed by atoms with Gasteiger partial charge in [0.05, 0.1) is 0 Å². The van der Waals surface area contributed by atoms with Crippen LogP contribution in [-0.4, -0.2) is 17.0 Å². The first-order valence-corrected chi connectivity index (χ1v) is 7.33. The van der Waals surface area contributed by atoms with Crippen molar-refractivity contribution in [1.29, 1.82) is 0 Å². The Kier molecular flexibility index (Phi) is 5.21. The molecule has 0 aliphatic heterocycles. The van der Waals surface area contributed by atoms with Gasteiger partial charge in [-0.25, -0.2) is 9.97 Å². The normalized spacial score (nSPS) is 10.6. The molecule has 106 valence electrons. The summed E-state index contributed by atoms with van der Waals surface area (Å²) in [6, 6.07) is 7.82. The van der Waals surface area contributed by atoms with E-state index in [2.05, 4.69) is 21.8 Å². The maximum atomic E-state index is 6.20. The van der Waals surface area contributed by atoms with Gasteiger partial charge in [0.2, 0.25) is 0 Å². The predicted octanol–water partition coefficient (Wildman–Crippen LogP) is 4.37. The molecule has 0 saturated carbocycles. The number of hydrogen-bond donors (Lipinski definition) is 0. The summed E-state index contributed by atoms with van der Waals surface area (Å²) in [6.45, 7) is 2.80. The van der Waals surface area contributed by atoms with Crippen LogP contribution >= 0.6 is 23.2 Å². The highest BCUT2D eigenvalue weighted by Gasteiger charge is 2.14. The third kappa shape index (κ3) is 3.41. The van der Waals surface area contributed by atoms with Crippen molar-refractivity contribution in [2.45, 2.75) is 26.3 Å². The zero-order chi connectivity index (χ0) is 14.5. The Hall–Kier alpha value is -1.32. The van der Waals surface area contributed by atoms with Gasteiger partial charge in [0.25, 0.3) is 0 Å². The van der Waals surface area contributed by atoms with Gasteiger partial charge in [-0.1, -0.05) is 54.7 Å². The molecule has 0 saturated heterocycles. The topological polar surface area (TPSA) is 29.0 Å². The number of rotatable bonds is 5. The highest BCUT2D eigenvalue weighted by molar-refractivity contribution is 6.31. The Morgan fingerprint density at radius 1 is 1.15 bits per heavy atom. The van der Waals surface area contributed by atoms with Gasteiger partial charge in [0, 0.05) is 24.2 Å². The number of aromatic nitrogens is 2.